The molecule has 1 aromatic heterocycles. The number of fused-ring (bicyclic) bond motifs is 1. The van der Waals surface area contributed by atoms with Crippen molar-refractivity contribution >= 4 is 30.3 Å². The van der Waals surface area contributed by atoms with Gasteiger partial charge in [0.25, 0.3) is 0 Å². The van der Waals surface area contributed by atoms with Crippen LogP contribution in [0.25, 0.3) is 10.9 Å². The summed E-state index contributed by atoms with van der Waals surface area (Å²) in [6.07, 6.45) is 7.16. The Hall–Kier alpha value is -1.49. The van der Waals surface area contributed by atoms with Crippen molar-refractivity contribution in [3.63, 3.8) is 0 Å². The number of hydrogen-bond acceptors (Lipinski definition) is 2. The van der Waals surface area contributed by atoms with Gasteiger partial charge in [-0.05, 0) is 0 Å². The fourth-order valence-electron chi connectivity index (χ4n) is 1.62. The monoisotopic (exact) mass is 291 g/mol. The molecule has 2 aromatic rings. The van der Waals surface area contributed by atoms with Gasteiger partial charge in [0.15, 0.2) is 0 Å². The number of nitrogens with zero attached hydrogens (tertiary/aromatic N) is 1. The molecule has 0 spiro atoms. The molecule has 2 nitrogen and oxygen atoms in total. The minimum atomic E-state index is 0.238. The van der Waals surface area contributed by atoms with E-state index < -0.39 is 0 Å². The average Bonchev–Trinajstić information content (AvgIpc) is 2.37. The summed E-state index contributed by atoms with van der Waals surface area (Å²) in [6.45, 7) is 2.63. The molecule has 0 radical (unpaired) electrons. The Morgan fingerprint density at radius 3 is 3.00 bits per heavy atom. The summed E-state index contributed by atoms with van der Waals surface area (Å²) in [7, 11) is 0. The normalized spacial score (nSPS) is 10.1. The van der Waals surface area contributed by atoms with Crippen LogP contribution in [0.5, 0.6) is 5.75 Å². The molecule has 3 heteroatoms. The van der Waals surface area contributed by atoms with Gasteiger partial charge in [-0.3, -0.25) is 0 Å². The van der Waals surface area contributed by atoms with Gasteiger partial charge in [0, 0.05) is 0 Å². The van der Waals surface area contributed by atoms with Crippen molar-refractivity contribution in [2.45, 2.75) is 12.2 Å². The standard InChI is InChI=1S/C14H13NOSe/c1-3-9-17-14-11-7-5-6-8-12(11)15-10-13(14)16-4-2/h1,5-8,10H,4,9H2,2H3. The van der Waals surface area contributed by atoms with Crippen molar-refractivity contribution in [1.29, 1.82) is 0 Å². The second kappa shape index (κ2) is 5.72. The third kappa shape index (κ3) is 2.61. The van der Waals surface area contributed by atoms with E-state index in [-0.39, 0.29) is 15.0 Å². The molecule has 2 rings (SSSR count). The molecule has 0 saturated carbocycles. The van der Waals surface area contributed by atoms with Crippen LogP contribution in [0.2, 0.25) is 5.32 Å². The molecule has 86 valence electrons. The summed E-state index contributed by atoms with van der Waals surface area (Å²) < 4.78 is 6.85. The molecule has 1 heterocycles. The van der Waals surface area contributed by atoms with Crippen LogP contribution < -0.4 is 9.20 Å². The van der Waals surface area contributed by atoms with E-state index in [0.717, 1.165) is 22.0 Å². The first-order valence-corrected chi connectivity index (χ1v) is 7.50. The van der Waals surface area contributed by atoms with Crippen molar-refractivity contribution in [2.24, 2.45) is 0 Å². The van der Waals surface area contributed by atoms with Crippen LogP contribution in [0.15, 0.2) is 30.5 Å². The second-order valence-corrected chi connectivity index (χ2v) is 5.46. The first-order valence-electron chi connectivity index (χ1n) is 5.43. The summed E-state index contributed by atoms with van der Waals surface area (Å²) in [4.78, 5) is 4.40. The van der Waals surface area contributed by atoms with E-state index in [1.807, 2.05) is 25.1 Å². The third-order valence-electron chi connectivity index (χ3n) is 2.29. The number of aromatic nitrogens is 1. The van der Waals surface area contributed by atoms with Gasteiger partial charge in [-0.25, -0.2) is 0 Å². The SMILES string of the molecule is C#CC[Se]c1c(OCC)cnc2ccccc12. The molecule has 0 fully saturated rings. The van der Waals surface area contributed by atoms with Gasteiger partial charge in [0.05, 0.1) is 0 Å². The zero-order valence-corrected chi connectivity index (χ0v) is 11.4. The summed E-state index contributed by atoms with van der Waals surface area (Å²) in [5.74, 6) is 3.58. The molecule has 0 saturated heterocycles. The topological polar surface area (TPSA) is 22.1 Å². The summed E-state index contributed by atoms with van der Waals surface area (Å²) in [6, 6.07) is 8.11. The predicted molar refractivity (Wildman–Crippen MR) is 71.9 cm³/mol. The van der Waals surface area contributed by atoms with Gasteiger partial charge in [-0.2, -0.15) is 0 Å². The van der Waals surface area contributed by atoms with Crippen molar-refractivity contribution in [1.82, 2.24) is 4.98 Å². The molecular formula is C14H13NOSe. The van der Waals surface area contributed by atoms with E-state index in [0.29, 0.717) is 6.61 Å². The van der Waals surface area contributed by atoms with Crippen LogP contribution in [-0.2, 0) is 0 Å². The average molecular weight is 290 g/mol. The number of ether oxygens (including phenoxy) is 1. The maximum atomic E-state index is 5.63. The number of hydrogen-bond donors (Lipinski definition) is 0. The van der Waals surface area contributed by atoms with Gasteiger partial charge >= 0.3 is 107 Å². The van der Waals surface area contributed by atoms with E-state index in [1.54, 1.807) is 6.20 Å². The number of rotatable bonds is 4. The molecule has 0 aliphatic rings. The molecule has 0 atom stereocenters. The zero-order chi connectivity index (χ0) is 12.1. The van der Waals surface area contributed by atoms with E-state index in [4.69, 9.17) is 11.2 Å². The molecule has 0 bridgehead atoms. The summed E-state index contributed by atoms with van der Waals surface area (Å²) >= 11 is 0.238. The number of terminal acetylenes is 1. The molecule has 0 amide bonds. The first-order chi connectivity index (χ1) is 8.36. The Kier molecular flexibility index (Phi) is 4.03. The van der Waals surface area contributed by atoms with Gasteiger partial charge in [-0.1, -0.05) is 0 Å². The van der Waals surface area contributed by atoms with Gasteiger partial charge < -0.3 is 0 Å². The van der Waals surface area contributed by atoms with Crippen LogP contribution >= 0.6 is 0 Å². The van der Waals surface area contributed by atoms with E-state index in [2.05, 4.69) is 17.0 Å². The van der Waals surface area contributed by atoms with Gasteiger partial charge in [-0.15, -0.1) is 0 Å². The second-order valence-electron chi connectivity index (χ2n) is 3.39. The maximum absolute atomic E-state index is 5.63. The Morgan fingerprint density at radius 2 is 2.24 bits per heavy atom. The van der Waals surface area contributed by atoms with Crippen LogP contribution in [0, 0.1) is 12.3 Å². The van der Waals surface area contributed by atoms with Crippen molar-refractivity contribution in [3.05, 3.63) is 30.5 Å². The van der Waals surface area contributed by atoms with E-state index in [1.165, 1.54) is 4.46 Å². The Labute approximate surface area is 108 Å². The Morgan fingerprint density at radius 1 is 1.41 bits per heavy atom. The number of benzene rings is 1. The Bertz CT molecular complexity index is 560. The van der Waals surface area contributed by atoms with Gasteiger partial charge in [0.2, 0.25) is 0 Å². The zero-order valence-electron chi connectivity index (χ0n) is 9.64. The predicted octanol–water partition coefficient (Wildman–Crippen LogP) is 2.01. The number of pyridine rings is 1. The van der Waals surface area contributed by atoms with E-state index in [9.17, 15) is 0 Å². The number of para-hydroxylation sites is 1. The fraction of sp³-hybridized carbons (Fsp3) is 0.214. The molecular weight excluding hydrogens is 277 g/mol. The van der Waals surface area contributed by atoms with Crippen LogP contribution in [0.3, 0.4) is 0 Å². The van der Waals surface area contributed by atoms with Crippen molar-refractivity contribution in [2.75, 3.05) is 6.61 Å². The molecule has 0 unspecified atom stereocenters. The van der Waals surface area contributed by atoms with Crippen molar-refractivity contribution < 1.29 is 4.74 Å². The molecule has 1 aromatic carbocycles. The van der Waals surface area contributed by atoms with Crippen molar-refractivity contribution in [3.8, 4) is 18.1 Å². The van der Waals surface area contributed by atoms with Crippen LogP contribution in [-0.4, -0.2) is 26.5 Å². The molecule has 0 aliphatic carbocycles. The van der Waals surface area contributed by atoms with Gasteiger partial charge in [0.1, 0.15) is 0 Å². The summed E-state index contributed by atoms with van der Waals surface area (Å²) in [5.41, 5.74) is 1.00. The van der Waals surface area contributed by atoms with Crippen LogP contribution in [0.4, 0.5) is 0 Å². The third-order valence-corrected chi connectivity index (χ3v) is 4.43. The molecule has 17 heavy (non-hydrogen) atoms. The minimum absolute atomic E-state index is 0.238. The van der Waals surface area contributed by atoms with Crippen LogP contribution in [0.1, 0.15) is 6.92 Å². The molecule has 0 N–H and O–H groups in total. The van der Waals surface area contributed by atoms with E-state index >= 15 is 0 Å². The Balaban J connectivity index is 2.54. The fourth-order valence-corrected chi connectivity index (χ4v) is 3.32. The molecule has 0 aliphatic heterocycles. The first kappa shape index (κ1) is 12.0. The summed E-state index contributed by atoms with van der Waals surface area (Å²) in [5, 5.41) is 1.94. The quantitative estimate of drug-likeness (QED) is 0.635.